The monoisotopic (exact) mass is 275 g/mol. The number of nitrogens with zero attached hydrogens (tertiary/aromatic N) is 1. The zero-order chi connectivity index (χ0) is 14.8. The maximum absolute atomic E-state index is 11.5. The van der Waals surface area contributed by atoms with Crippen LogP contribution in [-0.2, 0) is 9.53 Å². The van der Waals surface area contributed by atoms with E-state index in [9.17, 15) is 20.0 Å². The van der Waals surface area contributed by atoms with E-state index in [4.69, 9.17) is 4.74 Å². The van der Waals surface area contributed by atoms with Gasteiger partial charge in [-0.1, -0.05) is 36.4 Å². The molecule has 6 nitrogen and oxygen atoms in total. The third kappa shape index (κ3) is 2.05. The van der Waals surface area contributed by atoms with E-state index in [-0.39, 0.29) is 12.2 Å². The molecule has 20 heavy (non-hydrogen) atoms. The minimum atomic E-state index is -2.27. The van der Waals surface area contributed by atoms with Crippen LogP contribution in [0.5, 0.6) is 0 Å². The van der Waals surface area contributed by atoms with Gasteiger partial charge in [0, 0.05) is 4.92 Å². The van der Waals surface area contributed by atoms with Gasteiger partial charge in [-0.25, -0.2) is 4.79 Å². The van der Waals surface area contributed by atoms with Crippen LogP contribution >= 0.6 is 0 Å². The molecule has 1 unspecified atom stereocenters. The second kappa shape index (κ2) is 5.16. The highest BCUT2D eigenvalue weighted by Crippen LogP contribution is 2.37. The largest absolute Gasteiger partial charge is 0.493 e. The van der Waals surface area contributed by atoms with Gasteiger partial charge in [-0.05, 0) is 17.2 Å². The van der Waals surface area contributed by atoms with Crippen molar-refractivity contribution >= 4 is 11.5 Å². The van der Waals surface area contributed by atoms with Crippen molar-refractivity contribution in [3.8, 4) is 0 Å². The zero-order valence-corrected chi connectivity index (χ0v) is 10.8. The smallest absolute Gasteiger partial charge is 0.391 e. The van der Waals surface area contributed by atoms with Crippen LogP contribution in [0.1, 0.15) is 12.0 Å². The number of benzene rings is 1. The van der Waals surface area contributed by atoms with E-state index in [0.717, 1.165) is 5.56 Å². The first kappa shape index (κ1) is 13.8. The van der Waals surface area contributed by atoms with E-state index in [1.54, 1.807) is 30.3 Å². The average molecular weight is 275 g/mol. The summed E-state index contributed by atoms with van der Waals surface area (Å²) in [5.74, 6) is -1.70. The van der Waals surface area contributed by atoms with Gasteiger partial charge in [0.25, 0.3) is 0 Å². The lowest BCUT2D eigenvalue weighted by molar-refractivity contribution is -0.547. The van der Waals surface area contributed by atoms with Crippen molar-refractivity contribution < 1.29 is 19.6 Å². The maximum atomic E-state index is 11.5. The van der Waals surface area contributed by atoms with Gasteiger partial charge < -0.3 is 9.84 Å². The number of carbonyl (C=O) groups is 1. The molecule has 2 rings (SSSR count). The van der Waals surface area contributed by atoms with Crippen molar-refractivity contribution in [3.63, 3.8) is 0 Å². The van der Waals surface area contributed by atoms with Crippen LogP contribution in [-0.4, -0.2) is 28.6 Å². The van der Waals surface area contributed by atoms with Crippen LogP contribution in [0.15, 0.2) is 48.2 Å². The van der Waals surface area contributed by atoms with E-state index in [2.05, 4.69) is 0 Å². The zero-order valence-electron chi connectivity index (χ0n) is 10.8. The summed E-state index contributed by atoms with van der Waals surface area (Å²) < 4.78 is 4.91. The van der Waals surface area contributed by atoms with Crippen molar-refractivity contribution in [1.82, 2.24) is 0 Å². The third-order valence-corrected chi connectivity index (χ3v) is 3.32. The van der Waals surface area contributed by atoms with Gasteiger partial charge in [0.2, 0.25) is 0 Å². The predicted molar refractivity (Wildman–Crippen MR) is 71.5 cm³/mol. The van der Waals surface area contributed by atoms with Crippen molar-refractivity contribution in [1.29, 1.82) is 0 Å². The summed E-state index contributed by atoms with van der Waals surface area (Å²) in [7, 11) is 1.23. The molecule has 0 aliphatic heterocycles. The summed E-state index contributed by atoms with van der Waals surface area (Å²) in [6, 6.07) is 8.97. The van der Waals surface area contributed by atoms with E-state index >= 15 is 0 Å². The van der Waals surface area contributed by atoms with Gasteiger partial charge in [0.1, 0.15) is 0 Å². The fraction of sp³-hybridized carbons (Fsp3) is 0.214. The molecular formula is C14H13NO5. The molecule has 0 aromatic heterocycles. The quantitative estimate of drug-likeness (QED) is 0.671. The molecule has 1 aliphatic rings. The van der Waals surface area contributed by atoms with Crippen LogP contribution in [0.25, 0.3) is 5.57 Å². The molecule has 0 spiro atoms. The molecule has 0 amide bonds. The van der Waals surface area contributed by atoms with Gasteiger partial charge in [0.15, 0.2) is 5.76 Å². The summed E-state index contributed by atoms with van der Waals surface area (Å²) in [4.78, 5) is 22.0. The second-order valence-electron chi connectivity index (χ2n) is 4.39. The second-order valence-corrected chi connectivity index (χ2v) is 4.39. The van der Waals surface area contributed by atoms with Crippen molar-refractivity contribution in [3.05, 3.63) is 63.9 Å². The molecular weight excluding hydrogens is 262 g/mol. The number of rotatable bonds is 4. The minimum absolute atomic E-state index is 0.172. The van der Waals surface area contributed by atoms with Gasteiger partial charge in [-0.2, -0.15) is 0 Å². The molecule has 0 saturated heterocycles. The Morgan fingerprint density at radius 2 is 2.00 bits per heavy atom. The summed E-state index contributed by atoms with van der Waals surface area (Å²) in [5, 5.41) is 20.7. The number of methoxy groups -OCH3 is 1. The van der Waals surface area contributed by atoms with E-state index < -0.39 is 16.4 Å². The molecule has 0 heterocycles. The number of carboxylic acids is 1. The van der Waals surface area contributed by atoms with Gasteiger partial charge >= 0.3 is 11.5 Å². The van der Waals surface area contributed by atoms with Gasteiger partial charge in [-0.15, -0.1) is 0 Å². The Hall–Kier alpha value is -2.63. The molecule has 104 valence electrons. The Morgan fingerprint density at radius 3 is 2.50 bits per heavy atom. The number of carboxylic acid groups (broad SMARTS) is 1. The first-order valence-electron chi connectivity index (χ1n) is 5.91. The van der Waals surface area contributed by atoms with Crippen molar-refractivity contribution in [2.45, 2.75) is 12.0 Å². The molecule has 1 aromatic carbocycles. The van der Waals surface area contributed by atoms with Gasteiger partial charge in [0.05, 0.1) is 13.5 Å². The predicted octanol–water partition coefficient (Wildman–Crippen LogP) is 2.10. The van der Waals surface area contributed by atoms with E-state index in [0.29, 0.717) is 5.57 Å². The molecule has 1 N–H and O–H groups in total. The maximum Gasteiger partial charge on any atom is 0.391 e. The lowest BCUT2D eigenvalue weighted by Gasteiger charge is -2.26. The summed E-state index contributed by atoms with van der Waals surface area (Å²) in [5.41, 5.74) is -0.925. The Labute approximate surface area is 115 Å². The Kier molecular flexibility index (Phi) is 3.56. The lowest BCUT2D eigenvalue weighted by Crippen LogP contribution is -2.49. The lowest BCUT2D eigenvalue weighted by atomic mass is 9.82. The number of aliphatic carboxylic acids is 1. The SMILES string of the molecule is COC1=CC=C(c2ccccc2)CC1(C(=O)O)[N+](=O)[O-]. The summed E-state index contributed by atoms with van der Waals surface area (Å²) in [6.45, 7) is 0. The number of allylic oxidation sites excluding steroid dienone is 2. The molecule has 1 atom stereocenters. The average Bonchev–Trinajstić information content (AvgIpc) is 2.46. The van der Waals surface area contributed by atoms with Crippen LogP contribution < -0.4 is 0 Å². The van der Waals surface area contributed by atoms with Crippen molar-refractivity contribution in [2.24, 2.45) is 0 Å². The summed E-state index contributed by atoms with van der Waals surface area (Å²) >= 11 is 0. The van der Waals surface area contributed by atoms with Crippen LogP contribution in [0.4, 0.5) is 0 Å². The number of hydrogen-bond donors (Lipinski definition) is 1. The summed E-state index contributed by atoms with van der Waals surface area (Å²) in [6.07, 6.45) is 2.75. The first-order valence-corrected chi connectivity index (χ1v) is 5.91. The number of ether oxygens (including phenoxy) is 1. The molecule has 0 bridgehead atoms. The standard InChI is InChI=1S/C14H13NO5/c1-20-12-8-7-11(10-5-3-2-4-6-10)9-14(12,13(16)17)15(18)19/h2-8H,9H2,1H3,(H,16,17). The van der Waals surface area contributed by atoms with Crippen molar-refractivity contribution in [2.75, 3.05) is 7.11 Å². The highest BCUT2D eigenvalue weighted by atomic mass is 16.6. The molecule has 0 saturated carbocycles. The Bertz CT molecular complexity index is 589. The van der Waals surface area contributed by atoms with Crippen LogP contribution in [0.3, 0.4) is 0 Å². The molecule has 1 aliphatic carbocycles. The molecule has 6 heteroatoms. The number of nitro groups is 1. The van der Waals surface area contributed by atoms with E-state index in [1.807, 2.05) is 6.07 Å². The molecule has 0 fully saturated rings. The normalized spacial score (nSPS) is 21.6. The minimum Gasteiger partial charge on any atom is -0.493 e. The highest BCUT2D eigenvalue weighted by Gasteiger charge is 2.58. The molecule has 0 radical (unpaired) electrons. The Morgan fingerprint density at radius 1 is 1.35 bits per heavy atom. The fourth-order valence-corrected chi connectivity index (χ4v) is 2.24. The van der Waals surface area contributed by atoms with Crippen LogP contribution in [0, 0.1) is 10.1 Å². The Balaban J connectivity index is 2.53. The topological polar surface area (TPSA) is 89.7 Å². The number of hydrogen-bond acceptors (Lipinski definition) is 4. The molecule has 1 aromatic rings. The fourth-order valence-electron chi connectivity index (χ4n) is 2.24. The third-order valence-electron chi connectivity index (χ3n) is 3.32. The van der Waals surface area contributed by atoms with Gasteiger partial charge in [-0.3, -0.25) is 10.1 Å². The van der Waals surface area contributed by atoms with Crippen LogP contribution in [0.2, 0.25) is 0 Å². The first-order chi connectivity index (χ1) is 9.52. The van der Waals surface area contributed by atoms with E-state index in [1.165, 1.54) is 13.2 Å². The highest BCUT2D eigenvalue weighted by molar-refractivity contribution is 5.86.